The molecule has 0 amide bonds. The number of nitrogens with zero attached hydrogens (tertiary/aromatic N) is 1. The smallest absolute Gasteiger partial charge is 0.0926 e. The van der Waals surface area contributed by atoms with Crippen LogP contribution in [-0.2, 0) is 0 Å². The molecule has 0 radical (unpaired) electrons. The molecule has 0 aromatic carbocycles. The summed E-state index contributed by atoms with van der Waals surface area (Å²) in [5.41, 5.74) is 0. The molecule has 0 aliphatic carbocycles. The van der Waals surface area contributed by atoms with Crippen molar-refractivity contribution in [3.63, 3.8) is 0 Å². The van der Waals surface area contributed by atoms with E-state index in [1.165, 1.54) is 6.42 Å². The average Bonchev–Trinajstić information content (AvgIpc) is 1.88. The molecular formula is C8H21NSi. The van der Waals surface area contributed by atoms with Gasteiger partial charge in [-0.2, -0.15) is 0 Å². The molecule has 0 aromatic rings. The lowest BCUT2D eigenvalue weighted by atomic mass is 10.2. The summed E-state index contributed by atoms with van der Waals surface area (Å²) < 4.78 is 2.65. The molecule has 10 heavy (non-hydrogen) atoms. The molecule has 0 fully saturated rings. The second kappa shape index (κ2) is 4.91. The van der Waals surface area contributed by atoms with Crippen LogP contribution in [0.25, 0.3) is 0 Å². The topological polar surface area (TPSA) is 3.24 Å². The van der Waals surface area contributed by atoms with E-state index in [-0.39, 0.29) is 9.68 Å². The lowest BCUT2D eigenvalue weighted by molar-refractivity contribution is 0.290. The summed E-state index contributed by atoms with van der Waals surface area (Å²) in [7, 11) is 0.0554. The van der Waals surface area contributed by atoms with Gasteiger partial charge in [-0.05, 0) is 18.5 Å². The van der Waals surface area contributed by atoms with Crippen LogP contribution in [0.2, 0.25) is 6.55 Å². The van der Waals surface area contributed by atoms with Gasteiger partial charge in [0.25, 0.3) is 0 Å². The molecule has 1 unspecified atom stereocenters. The third-order valence-corrected chi connectivity index (χ3v) is 4.27. The summed E-state index contributed by atoms with van der Waals surface area (Å²) in [6.45, 7) is 11.6. The quantitative estimate of drug-likeness (QED) is 0.564. The number of hydrogen-bond acceptors (Lipinski definition) is 1. The molecule has 2 heteroatoms. The highest BCUT2D eigenvalue weighted by molar-refractivity contribution is 6.30. The van der Waals surface area contributed by atoms with Crippen molar-refractivity contribution >= 4 is 9.68 Å². The van der Waals surface area contributed by atoms with Gasteiger partial charge in [0.15, 0.2) is 0 Å². The maximum Gasteiger partial charge on any atom is 0.0926 e. The fraction of sp³-hybridized carbons (Fsp3) is 1.00. The molecule has 0 N–H and O–H groups in total. The van der Waals surface area contributed by atoms with E-state index < -0.39 is 0 Å². The van der Waals surface area contributed by atoms with E-state index >= 15 is 0 Å². The molecule has 0 saturated carbocycles. The summed E-state index contributed by atoms with van der Waals surface area (Å²) in [6, 6.07) is 1.56. The van der Waals surface area contributed by atoms with Crippen molar-refractivity contribution in [2.45, 2.75) is 52.7 Å². The zero-order valence-corrected chi connectivity index (χ0v) is 9.43. The van der Waals surface area contributed by atoms with E-state index in [0.717, 1.165) is 12.1 Å². The molecule has 0 saturated heterocycles. The maximum absolute atomic E-state index is 2.65. The third-order valence-electron chi connectivity index (χ3n) is 2.19. The molecule has 0 heterocycles. The summed E-state index contributed by atoms with van der Waals surface area (Å²) in [4.78, 5) is 0. The highest BCUT2D eigenvalue weighted by atomic mass is 28.2. The highest BCUT2D eigenvalue weighted by Crippen LogP contribution is 2.05. The van der Waals surface area contributed by atoms with Crippen molar-refractivity contribution < 1.29 is 0 Å². The summed E-state index contributed by atoms with van der Waals surface area (Å²) in [6.07, 6.45) is 1.29. The van der Waals surface area contributed by atoms with Gasteiger partial charge in [0.1, 0.15) is 0 Å². The second-order valence-electron chi connectivity index (χ2n) is 3.18. The minimum atomic E-state index is 0.0554. The van der Waals surface area contributed by atoms with Crippen molar-refractivity contribution in [1.29, 1.82) is 0 Å². The van der Waals surface area contributed by atoms with Gasteiger partial charge in [0, 0.05) is 0 Å². The molecule has 0 aliphatic heterocycles. The molecular weight excluding hydrogens is 138 g/mol. The van der Waals surface area contributed by atoms with Crippen LogP contribution >= 0.6 is 0 Å². The number of rotatable bonds is 4. The zero-order chi connectivity index (χ0) is 8.15. The zero-order valence-electron chi connectivity index (χ0n) is 8.02. The van der Waals surface area contributed by atoms with Gasteiger partial charge in [-0.3, -0.25) is 0 Å². The predicted octanol–water partition coefficient (Wildman–Crippen LogP) is 1.63. The minimum Gasteiger partial charge on any atom is -0.325 e. The lowest BCUT2D eigenvalue weighted by Gasteiger charge is -2.30. The van der Waals surface area contributed by atoms with Crippen molar-refractivity contribution in [1.82, 2.24) is 4.57 Å². The first-order chi connectivity index (χ1) is 4.63. The van der Waals surface area contributed by atoms with Crippen LogP contribution in [0.5, 0.6) is 0 Å². The van der Waals surface area contributed by atoms with Crippen molar-refractivity contribution in [2.24, 2.45) is 0 Å². The van der Waals surface area contributed by atoms with Gasteiger partial charge < -0.3 is 4.57 Å². The van der Waals surface area contributed by atoms with Gasteiger partial charge in [0.05, 0.1) is 9.68 Å². The molecule has 0 aromatic heterocycles. The first-order valence-electron chi connectivity index (χ1n) is 4.39. The monoisotopic (exact) mass is 159 g/mol. The van der Waals surface area contributed by atoms with Crippen LogP contribution in [0.1, 0.15) is 34.1 Å². The van der Waals surface area contributed by atoms with Gasteiger partial charge in [-0.25, -0.2) is 0 Å². The average molecular weight is 159 g/mol. The molecule has 0 bridgehead atoms. The van der Waals surface area contributed by atoms with Crippen molar-refractivity contribution in [3.8, 4) is 0 Å². The SMILES string of the molecule is CCC(C)N([SiH2]C)C(C)C. The van der Waals surface area contributed by atoms with Gasteiger partial charge in [-0.15, -0.1) is 0 Å². The van der Waals surface area contributed by atoms with E-state index in [1.807, 2.05) is 0 Å². The fourth-order valence-corrected chi connectivity index (χ4v) is 3.03. The molecule has 1 atom stereocenters. The Morgan fingerprint density at radius 1 is 1.30 bits per heavy atom. The van der Waals surface area contributed by atoms with E-state index in [2.05, 4.69) is 38.8 Å². The Kier molecular flexibility index (Phi) is 5.00. The Hall–Kier alpha value is 0.177. The van der Waals surface area contributed by atoms with Crippen LogP contribution in [0, 0.1) is 0 Å². The van der Waals surface area contributed by atoms with Crippen LogP contribution in [0.15, 0.2) is 0 Å². The molecule has 62 valence electrons. The molecule has 0 rings (SSSR count). The van der Waals surface area contributed by atoms with E-state index in [1.54, 1.807) is 0 Å². The minimum absolute atomic E-state index is 0.0554. The Morgan fingerprint density at radius 3 is 1.90 bits per heavy atom. The van der Waals surface area contributed by atoms with E-state index in [4.69, 9.17) is 0 Å². The Labute approximate surface area is 67.7 Å². The number of hydrogen-bond donors (Lipinski definition) is 0. The van der Waals surface area contributed by atoms with Crippen molar-refractivity contribution in [3.05, 3.63) is 0 Å². The predicted molar refractivity (Wildman–Crippen MR) is 51.1 cm³/mol. The third kappa shape index (κ3) is 2.84. The van der Waals surface area contributed by atoms with E-state index in [9.17, 15) is 0 Å². The summed E-state index contributed by atoms with van der Waals surface area (Å²) in [5, 5.41) is 0. The first-order valence-corrected chi connectivity index (χ1v) is 6.43. The second-order valence-corrected chi connectivity index (χ2v) is 4.54. The Bertz CT molecular complexity index is 83.3. The van der Waals surface area contributed by atoms with Gasteiger partial charge >= 0.3 is 0 Å². The Balaban J connectivity index is 3.80. The Morgan fingerprint density at radius 2 is 1.80 bits per heavy atom. The van der Waals surface area contributed by atoms with Crippen LogP contribution in [-0.4, -0.2) is 26.3 Å². The van der Waals surface area contributed by atoms with Crippen LogP contribution < -0.4 is 0 Å². The molecule has 1 nitrogen and oxygen atoms in total. The van der Waals surface area contributed by atoms with Gasteiger partial charge in [0.2, 0.25) is 0 Å². The lowest BCUT2D eigenvalue weighted by Crippen LogP contribution is -2.39. The maximum atomic E-state index is 2.65. The first kappa shape index (κ1) is 10.2. The fourth-order valence-electron chi connectivity index (χ4n) is 1.42. The molecule has 0 spiro atoms. The normalized spacial score (nSPS) is 15.9. The largest absolute Gasteiger partial charge is 0.325 e. The molecule has 0 aliphatic rings. The summed E-state index contributed by atoms with van der Waals surface area (Å²) in [5.74, 6) is 0. The van der Waals surface area contributed by atoms with Crippen LogP contribution in [0.4, 0.5) is 0 Å². The van der Waals surface area contributed by atoms with Crippen molar-refractivity contribution in [2.75, 3.05) is 0 Å². The standard InChI is InChI=1S/C8H21NSi/c1-6-8(4)9(10-5)7(2)3/h7-8H,6,10H2,1-5H3. The van der Waals surface area contributed by atoms with Crippen LogP contribution in [0.3, 0.4) is 0 Å². The summed E-state index contributed by atoms with van der Waals surface area (Å²) >= 11 is 0. The van der Waals surface area contributed by atoms with Gasteiger partial charge in [-0.1, -0.05) is 34.2 Å². The van der Waals surface area contributed by atoms with E-state index in [0.29, 0.717) is 0 Å². The highest BCUT2D eigenvalue weighted by Gasteiger charge is 2.11.